The monoisotopic (exact) mass is 383 g/mol. The van der Waals surface area contributed by atoms with E-state index in [0.29, 0.717) is 6.61 Å². The first kappa shape index (κ1) is 21.2. The van der Waals surface area contributed by atoms with Crippen LogP contribution < -0.4 is 15.4 Å². The molecule has 7 heteroatoms. The Morgan fingerprint density at radius 3 is 2.68 bits per heavy atom. The number of hydrogen-bond donors (Lipinski definition) is 2. The van der Waals surface area contributed by atoms with Crippen molar-refractivity contribution in [1.82, 2.24) is 10.3 Å². The van der Waals surface area contributed by atoms with E-state index in [1.807, 2.05) is 42.5 Å². The maximum absolute atomic E-state index is 12.3. The first-order valence-electron chi connectivity index (χ1n) is 7.95. The zero-order valence-electron chi connectivity index (χ0n) is 13.8. The molecule has 0 unspecified atom stereocenters. The fourth-order valence-electron chi connectivity index (χ4n) is 2.63. The third-order valence-electron chi connectivity index (χ3n) is 3.92. The number of rotatable bonds is 5. The number of aromatic nitrogens is 1. The van der Waals surface area contributed by atoms with Gasteiger partial charge in [-0.3, -0.25) is 9.78 Å². The lowest BCUT2D eigenvalue weighted by Crippen LogP contribution is -2.34. The number of amides is 1. The van der Waals surface area contributed by atoms with Crippen LogP contribution in [0.15, 0.2) is 48.7 Å². The minimum Gasteiger partial charge on any atom is -0.487 e. The molecule has 1 amide bonds. The average Bonchev–Trinajstić information content (AvgIpc) is 2.62. The van der Waals surface area contributed by atoms with Gasteiger partial charge in [0, 0.05) is 23.9 Å². The van der Waals surface area contributed by atoms with Gasteiger partial charge in [0.15, 0.2) is 0 Å². The summed E-state index contributed by atoms with van der Waals surface area (Å²) in [4.78, 5) is 16.5. The molecular weight excluding hydrogens is 361 g/mol. The Kier molecular flexibility index (Phi) is 9.27. The molecule has 1 aromatic heterocycles. The predicted octanol–water partition coefficient (Wildman–Crippen LogP) is 3.44. The van der Waals surface area contributed by atoms with Crippen LogP contribution in [0.4, 0.5) is 5.69 Å². The summed E-state index contributed by atoms with van der Waals surface area (Å²) in [5, 5.41) is 6.26. The number of halogens is 2. The lowest BCUT2D eigenvalue weighted by atomic mass is 9.97. The van der Waals surface area contributed by atoms with Gasteiger partial charge in [-0.05, 0) is 50.2 Å². The molecule has 0 bridgehead atoms. The molecule has 1 aliphatic rings. The number of ether oxygens (including phenoxy) is 1. The Morgan fingerprint density at radius 1 is 1.16 bits per heavy atom. The highest BCUT2D eigenvalue weighted by Crippen LogP contribution is 2.20. The van der Waals surface area contributed by atoms with Crippen molar-refractivity contribution < 1.29 is 9.53 Å². The molecule has 3 rings (SSSR count). The standard InChI is InChI=1S/C18H21N3O2.2ClH/c22-18(14-7-10-19-11-8-14)21-15-5-3-6-17(12-15)23-13-16-4-1-2-9-20-16;;/h1-6,9,12,14,19H,7-8,10-11,13H2,(H,21,22);2*1H. The lowest BCUT2D eigenvalue weighted by molar-refractivity contribution is -0.120. The van der Waals surface area contributed by atoms with Crippen molar-refractivity contribution >= 4 is 36.4 Å². The van der Waals surface area contributed by atoms with Crippen molar-refractivity contribution in [3.63, 3.8) is 0 Å². The first-order valence-corrected chi connectivity index (χ1v) is 7.95. The topological polar surface area (TPSA) is 63.2 Å². The number of anilines is 1. The Balaban J connectivity index is 0.00000156. The SMILES string of the molecule is Cl.Cl.O=C(Nc1cccc(OCc2ccccn2)c1)C1CCNCC1. The summed E-state index contributed by atoms with van der Waals surface area (Å²) in [6.45, 7) is 2.23. The molecule has 0 radical (unpaired) electrons. The van der Waals surface area contributed by atoms with Gasteiger partial charge in [0.05, 0.1) is 5.69 Å². The molecule has 0 spiro atoms. The number of carbonyl (C=O) groups excluding carboxylic acids is 1. The van der Waals surface area contributed by atoms with Crippen LogP contribution in [0, 0.1) is 5.92 Å². The summed E-state index contributed by atoms with van der Waals surface area (Å²) < 4.78 is 5.74. The van der Waals surface area contributed by atoms with Crippen LogP contribution in [-0.4, -0.2) is 24.0 Å². The molecule has 2 aromatic rings. The quantitative estimate of drug-likeness (QED) is 0.829. The van der Waals surface area contributed by atoms with Gasteiger partial charge in [-0.15, -0.1) is 24.8 Å². The van der Waals surface area contributed by atoms with Crippen molar-refractivity contribution in [2.24, 2.45) is 5.92 Å². The minimum absolute atomic E-state index is 0. The molecule has 1 fully saturated rings. The predicted molar refractivity (Wildman–Crippen MR) is 104 cm³/mol. The van der Waals surface area contributed by atoms with Gasteiger partial charge in [-0.2, -0.15) is 0 Å². The van der Waals surface area contributed by atoms with Crippen LogP contribution in [0.2, 0.25) is 0 Å². The summed E-state index contributed by atoms with van der Waals surface area (Å²) in [5.74, 6) is 0.904. The molecule has 0 saturated carbocycles. The van der Waals surface area contributed by atoms with E-state index in [1.165, 1.54) is 0 Å². The largest absolute Gasteiger partial charge is 0.487 e. The van der Waals surface area contributed by atoms with Crippen LogP contribution >= 0.6 is 24.8 Å². The zero-order valence-corrected chi connectivity index (χ0v) is 15.4. The maximum Gasteiger partial charge on any atom is 0.227 e. The van der Waals surface area contributed by atoms with Crippen molar-refractivity contribution in [3.8, 4) is 5.75 Å². The van der Waals surface area contributed by atoms with E-state index >= 15 is 0 Å². The summed E-state index contributed by atoms with van der Waals surface area (Å²) in [5.41, 5.74) is 1.64. The number of nitrogens with one attached hydrogen (secondary N) is 2. The van der Waals surface area contributed by atoms with E-state index < -0.39 is 0 Å². The van der Waals surface area contributed by atoms with Gasteiger partial charge in [0.1, 0.15) is 12.4 Å². The van der Waals surface area contributed by atoms with Crippen LogP contribution in [0.3, 0.4) is 0 Å². The number of carbonyl (C=O) groups is 1. The summed E-state index contributed by atoms with van der Waals surface area (Å²) in [6.07, 6.45) is 3.53. The molecule has 1 aromatic carbocycles. The molecule has 2 N–H and O–H groups in total. The highest BCUT2D eigenvalue weighted by Gasteiger charge is 2.20. The maximum atomic E-state index is 12.3. The van der Waals surface area contributed by atoms with E-state index in [9.17, 15) is 4.79 Å². The second kappa shape index (κ2) is 10.9. The van der Waals surface area contributed by atoms with Gasteiger partial charge >= 0.3 is 0 Å². The molecule has 5 nitrogen and oxygen atoms in total. The number of nitrogens with zero attached hydrogens (tertiary/aromatic N) is 1. The van der Waals surface area contributed by atoms with Gasteiger partial charge < -0.3 is 15.4 Å². The van der Waals surface area contributed by atoms with Crippen molar-refractivity contribution in [1.29, 1.82) is 0 Å². The number of benzene rings is 1. The van der Waals surface area contributed by atoms with Crippen molar-refractivity contribution in [3.05, 3.63) is 54.4 Å². The van der Waals surface area contributed by atoms with Crippen LogP contribution in [-0.2, 0) is 11.4 Å². The fraction of sp³-hybridized carbons (Fsp3) is 0.333. The highest BCUT2D eigenvalue weighted by molar-refractivity contribution is 5.92. The average molecular weight is 384 g/mol. The van der Waals surface area contributed by atoms with Gasteiger partial charge in [-0.1, -0.05) is 12.1 Å². The van der Waals surface area contributed by atoms with E-state index in [-0.39, 0.29) is 36.6 Å². The Bertz CT molecular complexity index is 650. The Morgan fingerprint density at radius 2 is 1.96 bits per heavy atom. The molecule has 0 aliphatic carbocycles. The smallest absolute Gasteiger partial charge is 0.227 e. The third-order valence-corrected chi connectivity index (χ3v) is 3.92. The Hall–Kier alpha value is -1.82. The number of piperidine rings is 1. The van der Waals surface area contributed by atoms with Crippen molar-refractivity contribution in [2.45, 2.75) is 19.4 Å². The summed E-state index contributed by atoms with van der Waals surface area (Å²) in [7, 11) is 0. The van der Waals surface area contributed by atoms with E-state index in [1.54, 1.807) is 6.20 Å². The second-order valence-electron chi connectivity index (χ2n) is 5.65. The number of pyridine rings is 1. The molecule has 25 heavy (non-hydrogen) atoms. The van der Waals surface area contributed by atoms with Crippen LogP contribution in [0.25, 0.3) is 0 Å². The molecule has 136 valence electrons. The normalized spacial score (nSPS) is 13.9. The van der Waals surface area contributed by atoms with Crippen LogP contribution in [0.5, 0.6) is 5.75 Å². The van der Waals surface area contributed by atoms with Gasteiger partial charge in [0.2, 0.25) is 5.91 Å². The molecule has 2 heterocycles. The van der Waals surface area contributed by atoms with E-state index in [2.05, 4.69) is 15.6 Å². The first-order chi connectivity index (χ1) is 11.3. The molecule has 1 saturated heterocycles. The summed E-state index contributed by atoms with van der Waals surface area (Å²) in [6, 6.07) is 13.2. The minimum atomic E-state index is 0. The second-order valence-corrected chi connectivity index (χ2v) is 5.65. The van der Waals surface area contributed by atoms with Crippen molar-refractivity contribution in [2.75, 3.05) is 18.4 Å². The summed E-state index contributed by atoms with van der Waals surface area (Å²) >= 11 is 0. The molecule has 1 aliphatic heterocycles. The van der Waals surface area contributed by atoms with Crippen LogP contribution in [0.1, 0.15) is 18.5 Å². The Labute approximate surface area is 160 Å². The molecular formula is C18H23Cl2N3O2. The van der Waals surface area contributed by atoms with Gasteiger partial charge in [-0.25, -0.2) is 0 Å². The third kappa shape index (κ3) is 6.53. The molecule has 0 atom stereocenters. The van der Waals surface area contributed by atoms with Gasteiger partial charge in [0.25, 0.3) is 0 Å². The van der Waals surface area contributed by atoms with E-state index in [4.69, 9.17) is 4.74 Å². The van der Waals surface area contributed by atoms with E-state index in [0.717, 1.165) is 43.1 Å². The zero-order chi connectivity index (χ0) is 15.9. The fourth-order valence-corrected chi connectivity index (χ4v) is 2.63. The lowest BCUT2D eigenvalue weighted by Gasteiger charge is -2.21. The highest BCUT2D eigenvalue weighted by atomic mass is 35.5. The number of hydrogen-bond acceptors (Lipinski definition) is 4.